The fourth-order valence-corrected chi connectivity index (χ4v) is 1.95. The third-order valence-corrected chi connectivity index (χ3v) is 2.96. The molecule has 0 bridgehead atoms. The Morgan fingerprint density at radius 2 is 2.47 bits per heavy atom. The van der Waals surface area contributed by atoms with Gasteiger partial charge in [0.15, 0.2) is 0 Å². The van der Waals surface area contributed by atoms with E-state index < -0.39 is 0 Å². The maximum atomic E-state index is 11.8. The number of nitrogens with zero attached hydrogens (tertiary/aromatic N) is 2. The van der Waals surface area contributed by atoms with E-state index >= 15 is 0 Å². The third-order valence-electron chi connectivity index (χ3n) is 2.65. The summed E-state index contributed by atoms with van der Waals surface area (Å²) in [6, 6.07) is 2.22. The largest absolute Gasteiger partial charge is 0.339 e. The summed E-state index contributed by atoms with van der Waals surface area (Å²) < 4.78 is 2.00. The summed E-state index contributed by atoms with van der Waals surface area (Å²) in [6.45, 7) is 1.95. The summed E-state index contributed by atoms with van der Waals surface area (Å²) in [5.74, 6) is -0.0266. The second-order valence-corrected chi connectivity index (χ2v) is 5.70. The van der Waals surface area contributed by atoms with Crippen LogP contribution in [0, 0.1) is 0 Å². The predicted molar refractivity (Wildman–Crippen MR) is 66.1 cm³/mol. The number of aromatic nitrogens is 2. The quantitative estimate of drug-likeness (QED) is 0.527. The number of amides is 1. The number of carbonyl (C=O) groups excluding carboxylic acids is 1. The van der Waals surface area contributed by atoms with E-state index in [1.807, 2.05) is 11.6 Å². The monoisotopic (exact) mass is 319 g/mol. The van der Waals surface area contributed by atoms with E-state index in [0.29, 0.717) is 11.7 Å². The zero-order valence-corrected chi connectivity index (χ0v) is 10.8. The van der Waals surface area contributed by atoms with Crippen LogP contribution in [-0.2, 0) is 0 Å². The Balaban J connectivity index is 2.13. The molecule has 0 aliphatic heterocycles. The number of alkyl halides is 1. The van der Waals surface area contributed by atoms with Gasteiger partial charge in [-0.25, -0.2) is 0 Å². The highest BCUT2D eigenvalue weighted by molar-refractivity contribution is 14.1. The van der Waals surface area contributed by atoms with E-state index in [1.54, 1.807) is 12.3 Å². The lowest BCUT2D eigenvalue weighted by molar-refractivity contribution is 0.0935. The molecule has 82 valence electrons. The fourth-order valence-electron chi connectivity index (χ4n) is 1.67. The first-order valence-electron chi connectivity index (χ1n) is 5.17. The van der Waals surface area contributed by atoms with Gasteiger partial charge < -0.3 is 5.32 Å². The minimum atomic E-state index is -0.0266. The zero-order valence-electron chi connectivity index (χ0n) is 8.61. The molecule has 4 nitrogen and oxygen atoms in total. The SMILES string of the molecule is CC(I)NC(=O)c1ccnn1C1CCC1. The molecule has 2 rings (SSSR count). The minimum absolute atomic E-state index is 0.0266. The summed E-state index contributed by atoms with van der Waals surface area (Å²) in [5.41, 5.74) is 0.684. The van der Waals surface area contributed by atoms with Gasteiger partial charge in [-0.1, -0.05) is 22.6 Å². The Kier molecular flexibility index (Phi) is 3.28. The number of halogens is 1. The third kappa shape index (κ3) is 2.32. The van der Waals surface area contributed by atoms with Crippen LogP contribution in [0.15, 0.2) is 12.3 Å². The average Bonchev–Trinajstić information content (AvgIpc) is 2.48. The van der Waals surface area contributed by atoms with Crippen molar-refractivity contribution >= 4 is 28.5 Å². The summed E-state index contributed by atoms with van der Waals surface area (Å²) >= 11 is 2.17. The highest BCUT2D eigenvalue weighted by atomic mass is 127. The van der Waals surface area contributed by atoms with E-state index in [0.717, 1.165) is 12.8 Å². The summed E-state index contributed by atoms with van der Waals surface area (Å²) in [6.07, 6.45) is 5.23. The standard InChI is InChI=1S/C10H14IN3O/c1-7(11)13-10(15)9-5-6-12-14(9)8-3-2-4-8/h5-8H,2-4H2,1H3,(H,13,15). The molecule has 0 spiro atoms. The molecule has 1 N–H and O–H groups in total. The molecular formula is C10H14IN3O. The Morgan fingerprint density at radius 1 is 1.73 bits per heavy atom. The highest BCUT2D eigenvalue weighted by Gasteiger charge is 2.24. The smallest absolute Gasteiger partial charge is 0.270 e. The number of carbonyl (C=O) groups is 1. The van der Waals surface area contributed by atoms with E-state index in [2.05, 4.69) is 33.0 Å². The lowest BCUT2D eigenvalue weighted by Gasteiger charge is -2.27. The Hall–Kier alpha value is -0.590. The molecule has 0 saturated heterocycles. The first-order chi connectivity index (χ1) is 7.18. The van der Waals surface area contributed by atoms with Crippen LogP contribution in [0.2, 0.25) is 0 Å². The second-order valence-electron chi connectivity index (χ2n) is 3.84. The maximum absolute atomic E-state index is 11.8. The van der Waals surface area contributed by atoms with Crippen molar-refractivity contribution < 1.29 is 4.79 Å². The van der Waals surface area contributed by atoms with Crippen LogP contribution in [0.4, 0.5) is 0 Å². The van der Waals surface area contributed by atoms with Crippen LogP contribution in [0.3, 0.4) is 0 Å². The molecule has 15 heavy (non-hydrogen) atoms. The van der Waals surface area contributed by atoms with E-state index in [4.69, 9.17) is 0 Å². The van der Waals surface area contributed by atoms with Crippen LogP contribution < -0.4 is 5.32 Å². The van der Waals surface area contributed by atoms with Gasteiger partial charge >= 0.3 is 0 Å². The first kappa shape index (κ1) is 10.9. The van der Waals surface area contributed by atoms with Crippen LogP contribution in [-0.4, -0.2) is 19.7 Å². The van der Waals surface area contributed by atoms with Gasteiger partial charge in [-0.3, -0.25) is 9.48 Å². The van der Waals surface area contributed by atoms with Gasteiger partial charge in [-0.15, -0.1) is 0 Å². The Bertz CT molecular complexity index is 357. The molecule has 1 aromatic heterocycles. The second kappa shape index (κ2) is 4.51. The summed E-state index contributed by atoms with van der Waals surface area (Å²) in [7, 11) is 0. The van der Waals surface area contributed by atoms with Gasteiger partial charge in [0.1, 0.15) is 5.69 Å². The van der Waals surface area contributed by atoms with Gasteiger partial charge in [0, 0.05) is 6.20 Å². The van der Waals surface area contributed by atoms with Crippen molar-refractivity contribution in [2.75, 3.05) is 0 Å². The molecule has 1 amide bonds. The fraction of sp³-hybridized carbons (Fsp3) is 0.600. The van der Waals surface area contributed by atoms with Gasteiger partial charge in [0.2, 0.25) is 0 Å². The van der Waals surface area contributed by atoms with Crippen molar-refractivity contribution in [3.05, 3.63) is 18.0 Å². The molecule has 1 fully saturated rings. The molecule has 5 heteroatoms. The van der Waals surface area contributed by atoms with E-state index in [1.165, 1.54) is 6.42 Å². The van der Waals surface area contributed by atoms with Crippen molar-refractivity contribution in [1.29, 1.82) is 0 Å². The molecule has 1 aliphatic rings. The van der Waals surface area contributed by atoms with Crippen LogP contribution in [0.5, 0.6) is 0 Å². The van der Waals surface area contributed by atoms with Crippen molar-refractivity contribution in [2.45, 2.75) is 36.3 Å². The number of hydrogen-bond acceptors (Lipinski definition) is 2. The molecule has 1 atom stereocenters. The Labute approximate surface area is 103 Å². The molecule has 1 aliphatic carbocycles. The normalized spacial score (nSPS) is 18.3. The number of nitrogens with one attached hydrogen (secondary N) is 1. The molecule has 1 unspecified atom stereocenters. The first-order valence-corrected chi connectivity index (χ1v) is 6.41. The van der Waals surface area contributed by atoms with Gasteiger partial charge in [0.05, 0.1) is 10.1 Å². The van der Waals surface area contributed by atoms with Crippen molar-refractivity contribution in [3.8, 4) is 0 Å². The van der Waals surface area contributed by atoms with Crippen molar-refractivity contribution in [1.82, 2.24) is 15.1 Å². The van der Waals surface area contributed by atoms with E-state index in [9.17, 15) is 4.79 Å². The molecule has 1 aromatic rings. The van der Waals surface area contributed by atoms with Gasteiger partial charge in [-0.05, 0) is 32.3 Å². The average molecular weight is 319 g/mol. The van der Waals surface area contributed by atoms with E-state index in [-0.39, 0.29) is 9.96 Å². The van der Waals surface area contributed by atoms with Crippen molar-refractivity contribution in [2.24, 2.45) is 0 Å². The summed E-state index contributed by atoms with van der Waals surface area (Å²) in [4.78, 5) is 11.8. The topological polar surface area (TPSA) is 46.9 Å². The molecular weight excluding hydrogens is 305 g/mol. The van der Waals surface area contributed by atoms with Gasteiger partial charge in [0.25, 0.3) is 5.91 Å². The molecule has 1 saturated carbocycles. The van der Waals surface area contributed by atoms with Crippen molar-refractivity contribution in [3.63, 3.8) is 0 Å². The van der Waals surface area contributed by atoms with Crippen LogP contribution >= 0.6 is 22.6 Å². The lowest BCUT2D eigenvalue weighted by atomic mass is 9.93. The van der Waals surface area contributed by atoms with Crippen LogP contribution in [0.1, 0.15) is 42.7 Å². The Morgan fingerprint density at radius 3 is 3.00 bits per heavy atom. The van der Waals surface area contributed by atoms with Gasteiger partial charge in [-0.2, -0.15) is 5.10 Å². The molecule has 0 aromatic carbocycles. The van der Waals surface area contributed by atoms with Crippen LogP contribution in [0.25, 0.3) is 0 Å². The zero-order chi connectivity index (χ0) is 10.8. The minimum Gasteiger partial charge on any atom is -0.339 e. The highest BCUT2D eigenvalue weighted by Crippen LogP contribution is 2.31. The molecule has 0 radical (unpaired) electrons. The lowest BCUT2D eigenvalue weighted by Crippen LogP contribution is -2.32. The maximum Gasteiger partial charge on any atom is 0.270 e. The summed E-state index contributed by atoms with van der Waals surface area (Å²) in [5, 5.41) is 7.10. The predicted octanol–water partition coefficient (Wildman–Crippen LogP) is 2.12. The number of hydrogen-bond donors (Lipinski definition) is 1. The number of rotatable bonds is 3. The molecule has 1 heterocycles.